The summed E-state index contributed by atoms with van der Waals surface area (Å²) in [6.45, 7) is 2.77. The smallest absolute Gasteiger partial charge is 0.378 e. The Morgan fingerprint density at radius 2 is 1.87 bits per heavy atom. The molecule has 0 fully saturated rings. The predicted octanol–water partition coefficient (Wildman–Crippen LogP) is -0.557. The molecule has 0 radical (unpaired) electrons. The zero-order valence-corrected chi connectivity index (χ0v) is 13.5. The van der Waals surface area contributed by atoms with Crippen LogP contribution in [0.5, 0.6) is 0 Å². The largest absolute Gasteiger partial charge is 0.490 e. The lowest BCUT2D eigenvalue weighted by Gasteiger charge is -2.34. The van der Waals surface area contributed by atoms with Crippen LogP contribution in [0.1, 0.15) is 33.1 Å². The van der Waals surface area contributed by atoms with E-state index >= 15 is 0 Å². The molecule has 3 atom stereocenters. The number of carbonyl (C=O) groups is 1. The maximum atomic E-state index is 12.1. The van der Waals surface area contributed by atoms with Gasteiger partial charge in [0.1, 0.15) is 6.10 Å². The number of hydrogen-bond acceptors (Lipinski definition) is 8. The Labute approximate surface area is 135 Å². The molecule has 0 aromatic heterocycles. The lowest BCUT2D eigenvalue weighted by molar-refractivity contribution is -0.171. The van der Waals surface area contributed by atoms with Gasteiger partial charge in [0.05, 0.1) is 32.5 Å². The van der Waals surface area contributed by atoms with Crippen LogP contribution < -0.4 is 0 Å². The van der Waals surface area contributed by atoms with Crippen LogP contribution in [0.2, 0.25) is 0 Å². The van der Waals surface area contributed by atoms with Crippen LogP contribution in [0.25, 0.3) is 0 Å². The van der Waals surface area contributed by atoms with E-state index in [-0.39, 0.29) is 31.2 Å². The third-order valence-electron chi connectivity index (χ3n) is 3.54. The van der Waals surface area contributed by atoms with Crippen molar-refractivity contribution in [1.82, 2.24) is 0 Å². The van der Waals surface area contributed by atoms with Gasteiger partial charge in [0, 0.05) is 6.42 Å². The first-order valence-electron chi connectivity index (χ1n) is 7.78. The summed E-state index contributed by atoms with van der Waals surface area (Å²) in [5.41, 5.74) is -1.79. The molecule has 8 heteroatoms. The molecule has 1 heterocycles. The first-order valence-corrected chi connectivity index (χ1v) is 7.78. The number of cyclic esters (lactones) is 1. The molecule has 134 valence electrons. The van der Waals surface area contributed by atoms with Gasteiger partial charge in [0.15, 0.2) is 5.76 Å². The molecule has 0 aromatic rings. The van der Waals surface area contributed by atoms with Crippen molar-refractivity contribution in [3.63, 3.8) is 0 Å². The van der Waals surface area contributed by atoms with E-state index in [4.69, 9.17) is 19.3 Å². The molecule has 1 aliphatic rings. The van der Waals surface area contributed by atoms with Gasteiger partial charge >= 0.3 is 5.97 Å². The lowest BCUT2D eigenvalue weighted by atomic mass is 9.88. The molecule has 8 nitrogen and oxygen atoms in total. The van der Waals surface area contributed by atoms with E-state index in [2.05, 4.69) is 0 Å². The summed E-state index contributed by atoms with van der Waals surface area (Å²) in [4.78, 5) is 12.1. The van der Waals surface area contributed by atoms with Crippen LogP contribution in [-0.2, 0) is 19.0 Å². The van der Waals surface area contributed by atoms with Crippen molar-refractivity contribution in [2.45, 2.75) is 50.9 Å². The van der Waals surface area contributed by atoms with Gasteiger partial charge in [-0.05, 0) is 13.3 Å². The van der Waals surface area contributed by atoms with E-state index in [0.29, 0.717) is 6.42 Å². The molecular formula is C15H26O8. The second kappa shape index (κ2) is 9.07. The van der Waals surface area contributed by atoms with Crippen molar-refractivity contribution < 1.29 is 39.4 Å². The second-order valence-electron chi connectivity index (χ2n) is 5.31. The van der Waals surface area contributed by atoms with Crippen LogP contribution in [-0.4, -0.2) is 70.6 Å². The van der Waals surface area contributed by atoms with Crippen LogP contribution in [0.4, 0.5) is 0 Å². The fraction of sp³-hybridized carbons (Fsp3) is 0.800. The highest BCUT2D eigenvalue weighted by molar-refractivity contribution is 5.90. The summed E-state index contributed by atoms with van der Waals surface area (Å²) in [6, 6.07) is 0. The third-order valence-corrected chi connectivity index (χ3v) is 3.54. The zero-order valence-electron chi connectivity index (χ0n) is 13.5. The Bertz CT molecular complexity index is 422. The molecule has 0 saturated heterocycles. The van der Waals surface area contributed by atoms with Crippen LogP contribution in [0.15, 0.2) is 11.5 Å². The number of ether oxygens (including phenoxy) is 3. The van der Waals surface area contributed by atoms with Crippen molar-refractivity contribution in [1.29, 1.82) is 0 Å². The first-order chi connectivity index (χ1) is 11.0. The predicted molar refractivity (Wildman–Crippen MR) is 79.1 cm³/mol. The molecule has 1 unspecified atom stereocenters. The van der Waals surface area contributed by atoms with Gasteiger partial charge < -0.3 is 34.6 Å². The molecule has 1 rings (SSSR count). The highest BCUT2D eigenvalue weighted by atomic mass is 16.6. The summed E-state index contributed by atoms with van der Waals surface area (Å²) in [5, 5.41) is 38.3. The number of aliphatic hydroxyl groups is 4. The number of rotatable bonds is 11. The first kappa shape index (κ1) is 19.7. The molecule has 23 heavy (non-hydrogen) atoms. The van der Waals surface area contributed by atoms with Gasteiger partial charge in [-0.1, -0.05) is 13.3 Å². The van der Waals surface area contributed by atoms with E-state index in [9.17, 15) is 20.1 Å². The Morgan fingerprint density at radius 3 is 2.39 bits per heavy atom. The van der Waals surface area contributed by atoms with Crippen molar-refractivity contribution in [2.75, 3.05) is 26.4 Å². The van der Waals surface area contributed by atoms with Gasteiger partial charge in [-0.25, -0.2) is 4.79 Å². The van der Waals surface area contributed by atoms with Crippen molar-refractivity contribution in [2.24, 2.45) is 0 Å². The molecule has 0 spiro atoms. The minimum absolute atomic E-state index is 0.0600. The standard InChI is InChI=1S/C15H26O8/c1-3-5-6-22-12-13(21-4-2)15(11(19)9-17,23-14(12)20)7-10(18)8-16/h10-11,16-19H,3-9H2,1-2H3/t10?,11-,15+/m0/s1. The van der Waals surface area contributed by atoms with Crippen LogP contribution >= 0.6 is 0 Å². The number of aliphatic hydroxyl groups excluding tert-OH is 4. The molecule has 0 saturated carbocycles. The van der Waals surface area contributed by atoms with Gasteiger partial charge in [-0.15, -0.1) is 0 Å². The zero-order chi connectivity index (χ0) is 17.5. The summed E-state index contributed by atoms with van der Waals surface area (Å²) in [5.74, 6) is -1.06. The summed E-state index contributed by atoms with van der Waals surface area (Å²) in [6.07, 6.45) is -1.55. The van der Waals surface area contributed by atoms with E-state index in [1.807, 2.05) is 6.92 Å². The molecule has 0 aliphatic carbocycles. The quantitative estimate of drug-likeness (QED) is 0.293. The Hall–Kier alpha value is -1.35. The fourth-order valence-corrected chi connectivity index (χ4v) is 2.37. The molecule has 0 aromatic carbocycles. The molecule has 0 bridgehead atoms. The molecule has 1 aliphatic heterocycles. The van der Waals surface area contributed by atoms with Gasteiger partial charge in [0.25, 0.3) is 0 Å². The maximum absolute atomic E-state index is 12.1. The van der Waals surface area contributed by atoms with Gasteiger partial charge in [0.2, 0.25) is 11.4 Å². The minimum Gasteiger partial charge on any atom is -0.490 e. The normalized spacial score (nSPS) is 23.7. The van der Waals surface area contributed by atoms with E-state index in [0.717, 1.165) is 6.42 Å². The van der Waals surface area contributed by atoms with Crippen molar-refractivity contribution in [3.05, 3.63) is 11.5 Å². The topological polar surface area (TPSA) is 126 Å². The summed E-state index contributed by atoms with van der Waals surface area (Å²) in [7, 11) is 0. The van der Waals surface area contributed by atoms with Crippen LogP contribution in [0.3, 0.4) is 0 Å². The average Bonchev–Trinajstić information content (AvgIpc) is 2.80. The Balaban J connectivity index is 3.22. The van der Waals surface area contributed by atoms with Gasteiger partial charge in [-0.2, -0.15) is 0 Å². The fourth-order valence-electron chi connectivity index (χ4n) is 2.37. The van der Waals surface area contributed by atoms with Crippen molar-refractivity contribution in [3.8, 4) is 0 Å². The van der Waals surface area contributed by atoms with Crippen molar-refractivity contribution >= 4 is 5.97 Å². The highest BCUT2D eigenvalue weighted by Gasteiger charge is 2.56. The molecule has 0 amide bonds. The Kier molecular flexibility index (Phi) is 7.77. The van der Waals surface area contributed by atoms with E-state index in [1.165, 1.54) is 0 Å². The number of esters is 1. The monoisotopic (exact) mass is 334 g/mol. The summed E-state index contributed by atoms with van der Waals surface area (Å²) < 4.78 is 16.1. The number of carbonyl (C=O) groups excluding carboxylic acids is 1. The Morgan fingerprint density at radius 1 is 1.17 bits per heavy atom. The third kappa shape index (κ3) is 4.35. The SMILES string of the molecule is CCCCOC1=C(OCC)[C@@](CC(O)CO)([C@@H](O)CO)OC1=O. The number of hydrogen-bond donors (Lipinski definition) is 4. The van der Waals surface area contributed by atoms with E-state index < -0.39 is 37.0 Å². The number of unbranched alkanes of at least 4 members (excludes halogenated alkanes) is 1. The molecule has 4 N–H and O–H groups in total. The second-order valence-corrected chi connectivity index (χ2v) is 5.31. The lowest BCUT2D eigenvalue weighted by Crippen LogP contribution is -2.50. The van der Waals surface area contributed by atoms with Crippen LogP contribution in [0, 0.1) is 0 Å². The van der Waals surface area contributed by atoms with Gasteiger partial charge in [-0.3, -0.25) is 0 Å². The average molecular weight is 334 g/mol. The highest BCUT2D eigenvalue weighted by Crippen LogP contribution is 2.40. The minimum atomic E-state index is -1.79. The molecular weight excluding hydrogens is 308 g/mol. The maximum Gasteiger partial charge on any atom is 0.378 e. The van der Waals surface area contributed by atoms with E-state index in [1.54, 1.807) is 6.92 Å². The summed E-state index contributed by atoms with van der Waals surface area (Å²) >= 11 is 0.